The van der Waals surface area contributed by atoms with Crippen LogP contribution in [0.4, 0.5) is 0 Å². The zero-order valence-corrected chi connectivity index (χ0v) is 10.2. The number of hydrogen-bond donors (Lipinski definition) is 0. The molecule has 0 aliphatic heterocycles. The highest BCUT2D eigenvalue weighted by Crippen LogP contribution is 2.30. The highest BCUT2D eigenvalue weighted by atomic mass is 35.5. The maximum absolute atomic E-state index is 6.19. The van der Waals surface area contributed by atoms with E-state index in [9.17, 15) is 0 Å². The van der Waals surface area contributed by atoms with Crippen molar-refractivity contribution in [2.75, 3.05) is 7.11 Å². The molecular formula is C12H13ClN2O. The van der Waals surface area contributed by atoms with Crippen molar-refractivity contribution in [3.63, 3.8) is 0 Å². The molecule has 16 heavy (non-hydrogen) atoms. The van der Waals surface area contributed by atoms with Crippen LogP contribution in [0, 0.1) is 0 Å². The first-order valence-electron chi connectivity index (χ1n) is 5.12. The second-order valence-electron chi connectivity index (χ2n) is 3.90. The second kappa shape index (κ2) is 4.26. The first-order chi connectivity index (χ1) is 7.63. The minimum Gasteiger partial charge on any atom is -0.480 e. The number of benzene rings is 1. The molecule has 1 aromatic heterocycles. The lowest BCUT2D eigenvalue weighted by Gasteiger charge is -2.11. The van der Waals surface area contributed by atoms with Gasteiger partial charge in [-0.2, -0.15) is 0 Å². The van der Waals surface area contributed by atoms with Crippen molar-refractivity contribution in [2.45, 2.75) is 19.8 Å². The van der Waals surface area contributed by atoms with Crippen LogP contribution in [0.25, 0.3) is 11.0 Å². The summed E-state index contributed by atoms with van der Waals surface area (Å²) in [7, 11) is 1.58. The van der Waals surface area contributed by atoms with Gasteiger partial charge < -0.3 is 4.74 Å². The lowest BCUT2D eigenvalue weighted by molar-refractivity contribution is 0.397. The molecule has 0 saturated heterocycles. The Kier molecular flexibility index (Phi) is 2.97. The third-order valence-electron chi connectivity index (χ3n) is 2.47. The second-order valence-corrected chi connectivity index (χ2v) is 4.30. The predicted octanol–water partition coefficient (Wildman–Crippen LogP) is 3.42. The van der Waals surface area contributed by atoms with Gasteiger partial charge in [0, 0.05) is 10.6 Å². The molecule has 0 spiro atoms. The summed E-state index contributed by atoms with van der Waals surface area (Å²) in [5.74, 6) is 0.814. The van der Waals surface area contributed by atoms with Gasteiger partial charge in [-0.15, -0.1) is 0 Å². The van der Waals surface area contributed by atoms with Crippen molar-refractivity contribution in [2.24, 2.45) is 0 Å². The van der Waals surface area contributed by atoms with E-state index in [0.717, 1.165) is 21.6 Å². The maximum atomic E-state index is 6.19. The summed E-state index contributed by atoms with van der Waals surface area (Å²) in [5.41, 5.74) is 2.68. The average Bonchev–Trinajstić information content (AvgIpc) is 2.27. The van der Waals surface area contributed by atoms with Gasteiger partial charge in [0.1, 0.15) is 0 Å². The molecule has 1 aromatic carbocycles. The molecule has 2 aromatic rings. The van der Waals surface area contributed by atoms with Crippen LogP contribution >= 0.6 is 11.6 Å². The summed E-state index contributed by atoms with van der Waals surface area (Å²) in [6, 6.07) is 3.73. The molecule has 0 fully saturated rings. The van der Waals surface area contributed by atoms with Crippen LogP contribution < -0.4 is 4.74 Å². The molecule has 0 saturated carbocycles. The summed E-state index contributed by atoms with van der Waals surface area (Å²) in [4.78, 5) is 8.70. The topological polar surface area (TPSA) is 35.0 Å². The van der Waals surface area contributed by atoms with Gasteiger partial charge in [0.25, 0.3) is 0 Å². The fraction of sp³-hybridized carbons (Fsp3) is 0.333. The van der Waals surface area contributed by atoms with Crippen LogP contribution in [0.15, 0.2) is 18.3 Å². The van der Waals surface area contributed by atoms with E-state index < -0.39 is 0 Å². The minimum absolute atomic E-state index is 0.303. The van der Waals surface area contributed by atoms with E-state index >= 15 is 0 Å². The smallest absolute Gasteiger partial charge is 0.232 e. The molecule has 2 rings (SSSR count). The number of fused-ring (bicyclic) bond motifs is 1. The number of rotatable bonds is 2. The first kappa shape index (κ1) is 11.1. The van der Waals surface area contributed by atoms with Crippen LogP contribution in [0.5, 0.6) is 5.88 Å². The van der Waals surface area contributed by atoms with E-state index in [0.29, 0.717) is 11.8 Å². The molecule has 84 valence electrons. The van der Waals surface area contributed by atoms with Crippen molar-refractivity contribution in [1.82, 2.24) is 9.97 Å². The van der Waals surface area contributed by atoms with E-state index in [1.54, 1.807) is 13.3 Å². The quantitative estimate of drug-likeness (QED) is 0.802. The van der Waals surface area contributed by atoms with Crippen molar-refractivity contribution in [1.29, 1.82) is 0 Å². The zero-order valence-electron chi connectivity index (χ0n) is 9.49. The van der Waals surface area contributed by atoms with Crippen LogP contribution in [-0.4, -0.2) is 17.1 Å². The normalized spacial score (nSPS) is 11.1. The molecule has 4 heteroatoms. The molecule has 0 N–H and O–H groups in total. The Labute approximate surface area is 99.4 Å². The van der Waals surface area contributed by atoms with Crippen LogP contribution in [0.1, 0.15) is 25.3 Å². The van der Waals surface area contributed by atoms with Crippen molar-refractivity contribution in [3.05, 3.63) is 28.9 Å². The molecule has 0 unspecified atom stereocenters. The molecule has 0 bridgehead atoms. The van der Waals surface area contributed by atoms with E-state index in [4.69, 9.17) is 16.3 Å². The molecule has 0 radical (unpaired) electrons. The monoisotopic (exact) mass is 236 g/mol. The van der Waals surface area contributed by atoms with Gasteiger partial charge in [-0.1, -0.05) is 25.4 Å². The summed E-state index contributed by atoms with van der Waals surface area (Å²) in [6.07, 6.45) is 1.61. The summed E-state index contributed by atoms with van der Waals surface area (Å²) >= 11 is 6.19. The molecule has 0 aliphatic carbocycles. The maximum Gasteiger partial charge on any atom is 0.232 e. The Morgan fingerprint density at radius 2 is 2.06 bits per heavy atom. The largest absolute Gasteiger partial charge is 0.480 e. The molecule has 3 nitrogen and oxygen atoms in total. The van der Waals surface area contributed by atoms with E-state index in [-0.39, 0.29) is 0 Å². The van der Waals surface area contributed by atoms with Gasteiger partial charge in [-0.05, 0) is 18.1 Å². The molecule has 0 amide bonds. The van der Waals surface area contributed by atoms with Gasteiger partial charge >= 0.3 is 0 Å². The number of halogens is 1. The lowest BCUT2D eigenvalue weighted by Crippen LogP contribution is -1.97. The standard InChI is InChI=1S/C12H13ClN2O/c1-7(2)11-8(13)4-5-9-12(11)15-10(16-3)6-14-9/h4-7H,1-3H3. The van der Waals surface area contributed by atoms with Gasteiger partial charge in [0.05, 0.1) is 24.3 Å². The highest BCUT2D eigenvalue weighted by Gasteiger charge is 2.12. The average molecular weight is 237 g/mol. The van der Waals surface area contributed by atoms with Crippen molar-refractivity contribution >= 4 is 22.6 Å². The third kappa shape index (κ3) is 1.83. The van der Waals surface area contributed by atoms with E-state index in [1.165, 1.54) is 0 Å². The van der Waals surface area contributed by atoms with Gasteiger partial charge in [-0.3, -0.25) is 0 Å². The highest BCUT2D eigenvalue weighted by molar-refractivity contribution is 6.32. The van der Waals surface area contributed by atoms with Crippen LogP contribution in [0.3, 0.4) is 0 Å². The SMILES string of the molecule is COc1cnc2ccc(Cl)c(C(C)C)c2n1. The fourth-order valence-corrected chi connectivity index (χ4v) is 2.08. The number of methoxy groups -OCH3 is 1. The molecule has 1 heterocycles. The van der Waals surface area contributed by atoms with Gasteiger partial charge in [-0.25, -0.2) is 9.97 Å². The lowest BCUT2D eigenvalue weighted by atomic mass is 10.0. The van der Waals surface area contributed by atoms with Crippen molar-refractivity contribution in [3.8, 4) is 5.88 Å². The summed E-state index contributed by atoms with van der Waals surface area (Å²) in [6.45, 7) is 4.17. The Hall–Kier alpha value is -1.35. The minimum atomic E-state index is 0.303. The number of hydrogen-bond acceptors (Lipinski definition) is 3. The Balaban J connectivity index is 2.78. The molecule has 0 aliphatic rings. The van der Waals surface area contributed by atoms with Gasteiger partial charge in [0.15, 0.2) is 0 Å². The number of ether oxygens (including phenoxy) is 1. The Morgan fingerprint density at radius 3 is 2.69 bits per heavy atom. The van der Waals surface area contributed by atoms with Crippen molar-refractivity contribution < 1.29 is 4.74 Å². The molecular weight excluding hydrogens is 224 g/mol. The summed E-state index contributed by atoms with van der Waals surface area (Å²) in [5, 5.41) is 0.727. The Bertz CT molecular complexity index is 526. The van der Waals surface area contributed by atoms with E-state index in [2.05, 4.69) is 23.8 Å². The first-order valence-corrected chi connectivity index (χ1v) is 5.50. The number of nitrogens with zero attached hydrogens (tertiary/aromatic N) is 2. The fourth-order valence-electron chi connectivity index (χ4n) is 1.70. The van der Waals surface area contributed by atoms with Gasteiger partial charge in [0.2, 0.25) is 5.88 Å². The number of aromatic nitrogens is 2. The van der Waals surface area contributed by atoms with Crippen LogP contribution in [-0.2, 0) is 0 Å². The Morgan fingerprint density at radius 1 is 1.31 bits per heavy atom. The predicted molar refractivity (Wildman–Crippen MR) is 65.2 cm³/mol. The van der Waals surface area contributed by atoms with E-state index in [1.807, 2.05) is 12.1 Å². The zero-order chi connectivity index (χ0) is 11.7. The third-order valence-corrected chi connectivity index (χ3v) is 2.79. The van der Waals surface area contributed by atoms with Crippen LogP contribution in [0.2, 0.25) is 5.02 Å². The summed E-state index contributed by atoms with van der Waals surface area (Å²) < 4.78 is 5.08. The molecule has 0 atom stereocenters.